The molecule has 5 heteroatoms. The molecule has 0 fully saturated rings. The lowest BCUT2D eigenvalue weighted by Crippen LogP contribution is -2.10. The summed E-state index contributed by atoms with van der Waals surface area (Å²) in [6, 6.07) is 7.19. The van der Waals surface area contributed by atoms with E-state index in [4.69, 9.17) is 5.26 Å². The number of hydrogen-bond acceptors (Lipinski definition) is 4. The second-order valence-electron chi connectivity index (χ2n) is 3.26. The van der Waals surface area contributed by atoms with Crippen LogP contribution < -0.4 is 0 Å². The van der Waals surface area contributed by atoms with Crippen LogP contribution in [0, 0.1) is 11.3 Å². The molecule has 0 N–H and O–H groups in total. The maximum Gasteiger partial charge on any atom is 0.325 e. The van der Waals surface area contributed by atoms with Gasteiger partial charge < -0.3 is 9.30 Å². The summed E-state index contributed by atoms with van der Waals surface area (Å²) >= 11 is 0. The molecule has 0 radical (unpaired) electrons. The number of nitriles is 1. The van der Waals surface area contributed by atoms with Crippen molar-refractivity contribution >= 4 is 17.0 Å². The molecular weight excluding hydrogens is 206 g/mol. The molecule has 0 aliphatic rings. The van der Waals surface area contributed by atoms with Crippen molar-refractivity contribution in [2.24, 2.45) is 0 Å². The number of fused-ring (bicyclic) bond motifs is 1. The Labute approximate surface area is 91.9 Å². The maximum atomic E-state index is 11.1. The van der Waals surface area contributed by atoms with Gasteiger partial charge in [0.2, 0.25) is 0 Å². The molecule has 0 atom stereocenters. The third kappa shape index (κ3) is 1.73. The number of hydrogen-bond donors (Lipinski definition) is 0. The zero-order valence-corrected chi connectivity index (χ0v) is 8.67. The largest absolute Gasteiger partial charge is 0.468 e. The summed E-state index contributed by atoms with van der Waals surface area (Å²) in [5.74, 6) is -0.346. The van der Waals surface area contributed by atoms with Crippen LogP contribution in [-0.2, 0) is 16.1 Å². The van der Waals surface area contributed by atoms with Crippen molar-refractivity contribution < 1.29 is 9.53 Å². The first-order valence-electron chi connectivity index (χ1n) is 4.66. The first-order chi connectivity index (χ1) is 7.74. The normalized spacial score (nSPS) is 10.0. The number of carbonyl (C=O) groups excluding carboxylic acids is 1. The number of nitrogens with zero attached hydrogens (tertiary/aromatic N) is 3. The van der Waals surface area contributed by atoms with Crippen LogP contribution in [-0.4, -0.2) is 22.6 Å². The van der Waals surface area contributed by atoms with E-state index in [1.807, 2.05) is 6.07 Å². The van der Waals surface area contributed by atoms with E-state index >= 15 is 0 Å². The second kappa shape index (κ2) is 4.03. The van der Waals surface area contributed by atoms with E-state index in [2.05, 4.69) is 9.72 Å². The third-order valence-electron chi connectivity index (χ3n) is 2.28. The van der Waals surface area contributed by atoms with Gasteiger partial charge in [-0.05, 0) is 18.2 Å². The number of methoxy groups -OCH3 is 1. The minimum Gasteiger partial charge on any atom is -0.468 e. The number of benzene rings is 1. The molecule has 0 aliphatic heterocycles. The molecule has 0 spiro atoms. The van der Waals surface area contributed by atoms with Crippen LogP contribution in [0.25, 0.3) is 11.0 Å². The Balaban J connectivity index is 2.46. The van der Waals surface area contributed by atoms with Crippen LogP contribution >= 0.6 is 0 Å². The average Bonchev–Trinajstić information content (AvgIpc) is 2.71. The third-order valence-corrected chi connectivity index (χ3v) is 2.28. The van der Waals surface area contributed by atoms with Gasteiger partial charge in [0, 0.05) is 0 Å². The highest BCUT2D eigenvalue weighted by Crippen LogP contribution is 2.14. The highest BCUT2D eigenvalue weighted by Gasteiger charge is 2.07. The highest BCUT2D eigenvalue weighted by molar-refractivity contribution is 5.79. The Kier molecular flexibility index (Phi) is 2.56. The molecule has 1 aromatic carbocycles. The van der Waals surface area contributed by atoms with Crippen LogP contribution in [0.3, 0.4) is 0 Å². The number of carbonyl (C=O) groups is 1. The molecule has 0 bridgehead atoms. The number of imidazole rings is 1. The van der Waals surface area contributed by atoms with Crippen molar-refractivity contribution in [3.05, 3.63) is 30.1 Å². The van der Waals surface area contributed by atoms with E-state index in [0.29, 0.717) is 5.56 Å². The van der Waals surface area contributed by atoms with Crippen molar-refractivity contribution in [3.8, 4) is 6.07 Å². The summed E-state index contributed by atoms with van der Waals surface area (Å²) < 4.78 is 6.23. The van der Waals surface area contributed by atoms with Crippen LogP contribution in [0.15, 0.2) is 24.5 Å². The molecule has 2 aromatic rings. The number of ether oxygens (including phenoxy) is 1. The Morgan fingerprint density at radius 2 is 2.44 bits per heavy atom. The Morgan fingerprint density at radius 3 is 3.12 bits per heavy atom. The summed E-state index contributed by atoms with van der Waals surface area (Å²) in [6.07, 6.45) is 1.56. The van der Waals surface area contributed by atoms with E-state index in [9.17, 15) is 4.79 Å². The fourth-order valence-electron chi connectivity index (χ4n) is 1.46. The highest BCUT2D eigenvalue weighted by atomic mass is 16.5. The standard InChI is InChI=1S/C11H9N3O2/c1-16-11(15)6-14-7-13-9-3-2-8(5-12)4-10(9)14/h2-4,7H,6H2,1H3. The lowest BCUT2D eigenvalue weighted by Gasteiger charge is -2.02. The molecule has 0 amide bonds. The maximum absolute atomic E-state index is 11.1. The molecule has 1 heterocycles. The molecule has 0 saturated carbocycles. The molecule has 0 aliphatic carbocycles. The van der Waals surface area contributed by atoms with E-state index in [0.717, 1.165) is 11.0 Å². The van der Waals surface area contributed by atoms with E-state index in [1.165, 1.54) is 7.11 Å². The Hall–Kier alpha value is -2.35. The van der Waals surface area contributed by atoms with Gasteiger partial charge in [0.15, 0.2) is 0 Å². The van der Waals surface area contributed by atoms with Gasteiger partial charge in [-0.15, -0.1) is 0 Å². The van der Waals surface area contributed by atoms with Gasteiger partial charge in [-0.1, -0.05) is 0 Å². The summed E-state index contributed by atoms with van der Waals surface area (Å²) in [5.41, 5.74) is 2.05. The number of aromatic nitrogens is 2. The first-order valence-corrected chi connectivity index (χ1v) is 4.66. The van der Waals surface area contributed by atoms with Crippen LogP contribution in [0.2, 0.25) is 0 Å². The molecule has 5 nitrogen and oxygen atoms in total. The van der Waals surface area contributed by atoms with Crippen molar-refractivity contribution in [1.82, 2.24) is 9.55 Å². The van der Waals surface area contributed by atoms with Gasteiger partial charge in [0.1, 0.15) is 6.54 Å². The second-order valence-corrected chi connectivity index (χ2v) is 3.26. The Morgan fingerprint density at radius 1 is 1.62 bits per heavy atom. The van der Waals surface area contributed by atoms with E-state index in [1.54, 1.807) is 29.1 Å². The van der Waals surface area contributed by atoms with Crippen molar-refractivity contribution in [2.75, 3.05) is 7.11 Å². The molecule has 2 rings (SSSR count). The quantitative estimate of drug-likeness (QED) is 0.703. The van der Waals surface area contributed by atoms with Crippen LogP contribution in [0.5, 0.6) is 0 Å². The molecule has 0 unspecified atom stereocenters. The zero-order chi connectivity index (χ0) is 11.5. The Bertz CT molecular complexity index is 580. The minimum atomic E-state index is -0.346. The van der Waals surface area contributed by atoms with E-state index < -0.39 is 0 Å². The average molecular weight is 215 g/mol. The van der Waals surface area contributed by atoms with Crippen LogP contribution in [0.1, 0.15) is 5.56 Å². The zero-order valence-electron chi connectivity index (χ0n) is 8.67. The number of esters is 1. The number of rotatable bonds is 2. The summed E-state index contributed by atoms with van der Waals surface area (Å²) in [6.45, 7) is 0.0991. The van der Waals surface area contributed by atoms with Gasteiger partial charge in [-0.25, -0.2) is 4.98 Å². The summed E-state index contributed by atoms with van der Waals surface area (Å²) in [4.78, 5) is 15.3. The summed E-state index contributed by atoms with van der Waals surface area (Å²) in [7, 11) is 1.34. The molecule has 80 valence electrons. The predicted molar refractivity (Wildman–Crippen MR) is 56.5 cm³/mol. The van der Waals surface area contributed by atoms with Crippen molar-refractivity contribution in [1.29, 1.82) is 5.26 Å². The first kappa shape index (κ1) is 10.2. The van der Waals surface area contributed by atoms with Crippen molar-refractivity contribution in [3.63, 3.8) is 0 Å². The molecule has 16 heavy (non-hydrogen) atoms. The lowest BCUT2D eigenvalue weighted by atomic mass is 10.2. The smallest absolute Gasteiger partial charge is 0.325 e. The summed E-state index contributed by atoms with van der Waals surface area (Å²) in [5, 5.41) is 8.78. The van der Waals surface area contributed by atoms with Crippen LogP contribution in [0.4, 0.5) is 0 Å². The van der Waals surface area contributed by atoms with Gasteiger partial charge in [-0.2, -0.15) is 5.26 Å². The fraction of sp³-hybridized carbons (Fsp3) is 0.182. The van der Waals surface area contributed by atoms with Crippen molar-refractivity contribution in [2.45, 2.75) is 6.54 Å². The monoisotopic (exact) mass is 215 g/mol. The van der Waals surface area contributed by atoms with E-state index in [-0.39, 0.29) is 12.5 Å². The topological polar surface area (TPSA) is 67.9 Å². The predicted octanol–water partition coefficient (Wildman–Crippen LogP) is 1.08. The SMILES string of the molecule is COC(=O)Cn1cnc2ccc(C#N)cc21. The molecule has 1 aromatic heterocycles. The minimum absolute atomic E-state index is 0.0991. The molecular formula is C11H9N3O2. The lowest BCUT2D eigenvalue weighted by molar-refractivity contribution is -0.141. The van der Waals surface area contributed by atoms with Gasteiger partial charge in [0.05, 0.1) is 36.1 Å². The molecule has 0 saturated heterocycles. The van der Waals surface area contributed by atoms with Gasteiger partial charge in [0.25, 0.3) is 0 Å². The van der Waals surface area contributed by atoms with Gasteiger partial charge in [-0.3, -0.25) is 4.79 Å². The van der Waals surface area contributed by atoms with Gasteiger partial charge >= 0.3 is 5.97 Å². The fourth-order valence-corrected chi connectivity index (χ4v) is 1.46.